The number of hydrogen-bond acceptors (Lipinski definition) is 3. The fourth-order valence-corrected chi connectivity index (χ4v) is 1.93. The molecular formula is C13H16N4S. The Morgan fingerprint density at radius 1 is 1.39 bits per heavy atom. The molecule has 0 aliphatic carbocycles. The van der Waals surface area contributed by atoms with E-state index in [-0.39, 0.29) is 0 Å². The third kappa shape index (κ3) is 2.87. The van der Waals surface area contributed by atoms with E-state index in [1.165, 1.54) is 5.56 Å². The third-order valence-corrected chi connectivity index (χ3v) is 3.01. The second-order valence-corrected chi connectivity index (χ2v) is 4.73. The SMILES string of the molecule is CN(Cc1cnn(C)c1)c1ccc(C(N)=S)cc1. The van der Waals surface area contributed by atoms with Crippen molar-refractivity contribution >= 4 is 22.9 Å². The maximum Gasteiger partial charge on any atom is 0.103 e. The number of nitrogens with two attached hydrogens (primary N) is 1. The largest absolute Gasteiger partial charge is 0.389 e. The number of rotatable bonds is 4. The number of hydrogen-bond donors (Lipinski definition) is 1. The molecule has 0 bridgehead atoms. The lowest BCUT2D eigenvalue weighted by Gasteiger charge is -2.18. The van der Waals surface area contributed by atoms with E-state index in [1.54, 1.807) is 4.68 Å². The monoisotopic (exact) mass is 260 g/mol. The Kier molecular flexibility index (Phi) is 3.62. The van der Waals surface area contributed by atoms with Crippen molar-refractivity contribution in [2.45, 2.75) is 6.54 Å². The highest BCUT2D eigenvalue weighted by molar-refractivity contribution is 7.80. The maximum absolute atomic E-state index is 5.57. The molecule has 0 amide bonds. The van der Waals surface area contributed by atoms with Crippen LogP contribution in [0.2, 0.25) is 0 Å². The Bertz CT molecular complexity index is 544. The summed E-state index contributed by atoms with van der Waals surface area (Å²) in [6, 6.07) is 7.92. The molecule has 94 valence electrons. The summed E-state index contributed by atoms with van der Waals surface area (Å²) in [5.74, 6) is 0. The van der Waals surface area contributed by atoms with Gasteiger partial charge in [0, 0.05) is 43.7 Å². The predicted octanol–water partition coefficient (Wildman–Crippen LogP) is 1.69. The van der Waals surface area contributed by atoms with Crippen molar-refractivity contribution in [3.8, 4) is 0 Å². The van der Waals surface area contributed by atoms with E-state index < -0.39 is 0 Å². The van der Waals surface area contributed by atoms with E-state index in [1.807, 2.05) is 50.8 Å². The average molecular weight is 260 g/mol. The molecule has 1 aromatic carbocycles. The van der Waals surface area contributed by atoms with E-state index in [0.29, 0.717) is 4.99 Å². The van der Waals surface area contributed by atoms with Crippen LogP contribution in [0.15, 0.2) is 36.7 Å². The molecule has 1 heterocycles. The molecular weight excluding hydrogens is 244 g/mol. The second kappa shape index (κ2) is 5.18. The fraction of sp³-hybridized carbons (Fsp3) is 0.231. The topological polar surface area (TPSA) is 47.1 Å². The zero-order valence-electron chi connectivity index (χ0n) is 10.5. The van der Waals surface area contributed by atoms with Crippen molar-refractivity contribution in [2.24, 2.45) is 12.8 Å². The average Bonchev–Trinajstić information content (AvgIpc) is 2.75. The lowest BCUT2D eigenvalue weighted by molar-refractivity contribution is 0.766. The van der Waals surface area contributed by atoms with Crippen LogP contribution < -0.4 is 10.6 Å². The van der Waals surface area contributed by atoms with Crippen molar-refractivity contribution in [3.63, 3.8) is 0 Å². The van der Waals surface area contributed by atoms with E-state index >= 15 is 0 Å². The minimum atomic E-state index is 0.427. The van der Waals surface area contributed by atoms with Gasteiger partial charge in [-0.1, -0.05) is 12.2 Å². The summed E-state index contributed by atoms with van der Waals surface area (Å²) >= 11 is 4.93. The third-order valence-electron chi connectivity index (χ3n) is 2.77. The molecule has 2 aromatic rings. The second-order valence-electron chi connectivity index (χ2n) is 4.29. The van der Waals surface area contributed by atoms with Crippen LogP contribution in [-0.2, 0) is 13.6 Å². The highest BCUT2D eigenvalue weighted by Gasteiger charge is 2.04. The first-order valence-electron chi connectivity index (χ1n) is 5.65. The van der Waals surface area contributed by atoms with Crippen molar-refractivity contribution < 1.29 is 0 Å². The maximum atomic E-state index is 5.57. The molecule has 4 nitrogen and oxygen atoms in total. The number of benzene rings is 1. The van der Waals surface area contributed by atoms with Gasteiger partial charge in [-0.2, -0.15) is 5.10 Å². The summed E-state index contributed by atoms with van der Waals surface area (Å²) in [5, 5.41) is 4.16. The Morgan fingerprint density at radius 3 is 2.56 bits per heavy atom. The van der Waals surface area contributed by atoms with Crippen LogP contribution in [0.25, 0.3) is 0 Å². The molecule has 1 aromatic heterocycles. The van der Waals surface area contributed by atoms with E-state index in [4.69, 9.17) is 18.0 Å². The van der Waals surface area contributed by atoms with Crippen LogP contribution in [-0.4, -0.2) is 21.8 Å². The first-order chi connectivity index (χ1) is 8.56. The van der Waals surface area contributed by atoms with Gasteiger partial charge in [0.2, 0.25) is 0 Å². The molecule has 0 radical (unpaired) electrons. The zero-order chi connectivity index (χ0) is 13.1. The zero-order valence-corrected chi connectivity index (χ0v) is 11.3. The van der Waals surface area contributed by atoms with Gasteiger partial charge < -0.3 is 10.6 Å². The molecule has 18 heavy (non-hydrogen) atoms. The first kappa shape index (κ1) is 12.6. The smallest absolute Gasteiger partial charge is 0.103 e. The predicted molar refractivity (Wildman–Crippen MR) is 77.6 cm³/mol. The fourth-order valence-electron chi connectivity index (χ4n) is 1.80. The standard InChI is InChI=1S/C13H16N4S/c1-16(8-10-7-15-17(2)9-10)12-5-3-11(4-6-12)13(14)18/h3-7,9H,8H2,1-2H3,(H2,14,18). The van der Waals surface area contributed by atoms with Gasteiger partial charge in [0.15, 0.2) is 0 Å². The Labute approximate surface area is 112 Å². The minimum Gasteiger partial charge on any atom is -0.389 e. The lowest BCUT2D eigenvalue weighted by Crippen LogP contribution is -2.16. The Balaban J connectivity index is 2.09. The lowest BCUT2D eigenvalue weighted by atomic mass is 10.2. The summed E-state index contributed by atoms with van der Waals surface area (Å²) in [5.41, 5.74) is 8.77. The van der Waals surface area contributed by atoms with Gasteiger partial charge in [0.05, 0.1) is 6.20 Å². The molecule has 0 aliphatic rings. The van der Waals surface area contributed by atoms with Crippen molar-refractivity contribution in [1.29, 1.82) is 0 Å². The summed E-state index contributed by atoms with van der Waals surface area (Å²) in [7, 11) is 3.96. The summed E-state index contributed by atoms with van der Waals surface area (Å²) < 4.78 is 1.80. The quantitative estimate of drug-likeness (QED) is 0.850. The van der Waals surface area contributed by atoms with Crippen LogP contribution in [0.1, 0.15) is 11.1 Å². The molecule has 0 atom stereocenters. The van der Waals surface area contributed by atoms with Gasteiger partial charge in [-0.25, -0.2) is 0 Å². The van der Waals surface area contributed by atoms with Crippen LogP contribution in [0, 0.1) is 0 Å². The number of anilines is 1. The highest BCUT2D eigenvalue weighted by atomic mass is 32.1. The number of nitrogens with zero attached hydrogens (tertiary/aromatic N) is 3. The molecule has 5 heteroatoms. The van der Waals surface area contributed by atoms with Crippen LogP contribution in [0.5, 0.6) is 0 Å². The van der Waals surface area contributed by atoms with Crippen LogP contribution >= 0.6 is 12.2 Å². The summed E-state index contributed by atoms with van der Waals surface area (Å²) in [6.45, 7) is 0.820. The van der Waals surface area contributed by atoms with Crippen LogP contribution in [0.3, 0.4) is 0 Å². The van der Waals surface area contributed by atoms with Gasteiger partial charge in [-0.15, -0.1) is 0 Å². The molecule has 0 aliphatic heterocycles. The van der Waals surface area contributed by atoms with Crippen LogP contribution in [0.4, 0.5) is 5.69 Å². The number of aromatic nitrogens is 2. The molecule has 2 rings (SSSR count). The Hall–Kier alpha value is -1.88. The molecule has 0 fully saturated rings. The van der Waals surface area contributed by atoms with Gasteiger partial charge in [0.1, 0.15) is 4.99 Å². The molecule has 0 saturated carbocycles. The van der Waals surface area contributed by atoms with Crippen molar-refractivity contribution in [1.82, 2.24) is 9.78 Å². The molecule has 0 saturated heterocycles. The van der Waals surface area contributed by atoms with E-state index in [2.05, 4.69) is 10.00 Å². The van der Waals surface area contributed by atoms with Gasteiger partial charge in [0.25, 0.3) is 0 Å². The first-order valence-corrected chi connectivity index (χ1v) is 6.05. The number of thiocarbonyl (C=S) groups is 1. The highest BCUT2D eigenvalue weighted by Crippen LogP contribution is 2.16. The van der Waals surface area contributed by atoms with E-state index in [0.717, 1.165) is 17.8 Å². The van der Waals surface area contributed by atoms with Gasteiger partial charge >= 0.3 is 0 Å². The Morgan fingerprint density at radius 2 is 2.06 bits per heavy atom. The summed E-state index contributed by atoms with van der Waals surface area (Å²) in [4.78, 5) is 2.58. The number of aryl methyl sites for hydroxylation is 1. The summed E-state index contributed by atoms with van der Waals surface area (Å²) in [6.07, 6.45) is 3.89. The van der Waals surface area contributed by atoms with Crippen molar-refractivity contribution in [3.05, 3.63) is 47.8 Å². The normalized spacial score (nSPS) is 10.3. The van der Waals surface area contributed by atoms with Crippen molar-refractivity contribution in [2.75, 3.05) is 11.9 Å². The molecule has 2 N–H and O–H groups in total. The van der Waals surface area contributed by atoms with Gasteiger partial charge in [-0.05, 0) is 24.3 Å². The van der Waals surface area contributed by atoms with E-state index in [9.17, 15) is 0 Å². The molecule has 0 spiro atoms. The molecule has 0 unspecified atom stereocenters. The van der Waals surface area contributed by atoms with Gasteiger partial charge in [-0.3, -0.25) is 4.68 Å². The minimum absolute atomic E-state index is 0.427.